The van der Waals surface area contributed by atoms with Crippen LogP contribution in [-0.2, 0) is 19.1 Å². The van der Waals surface area contributed by atoms with E-state index in [-0.39, 0.29) is 35.7 Å². The Morgan fingerprint density at radius 1 is 1.26 bits per heavy atom. The number of benzene rings is 1. The number of fused-ring (bicyclic) bond motifs is 1. The number of ether oxygens (including phenoxy) is 2. The molecule has 210 valence electrons. The molecule has 3 amide bonds. The Labute approximate surface area is 226 Å². The third kappa shape index (κ3) is 6.67. The quantitative estimate of drug-likeness (QED) is 0.428. The minimum atomic E-state index is -0.962. The molecule has 2 atom stereocenters. The van der Waals surface area contributed by atoms with Crippen LogP contribution in [0.1, 0.15) is 66.2 Å². The number of carbonyl (C=O) groups excluding carboxylic acids is 3. The van der Waals surface area contributed by atoms with Crippen LogP contribution < -0.4 is 25.2 Å². The molecule has 2 heterocycles. The van der Waals surface area contributed by atoms with Gasteiger partial charge in [-0.05, 0) is 70.1 Å². The van der Waals surface area contributed by atoms with Crippen molar-refractivity contribution in [1.29, 1.82) is 0 Å². The van der Waals surface area contributed by atoms with E-state index in [2.05, 4.69) is 24.5 Å². The van der Waals surface area contributed by atoms with Crippen LogP contribution in [0.2, 0.25) is 0 Å². The van der Waals surface area contributed by atoms with Gasteiger partial charge in [-0.25, -0.2) is 0 Å². The van der Waals surface area contributed by atoms with Crippen LogP contribution in [0.15, 0.2) is 18.2 Å². The summed E-state index contributed by atoms with van der Waals surface area (Å²) in [4.78, 5) is 43.2. The number of carbonyl (C=O) groups is 3. The van der Waals surface area contributed by atoms with E-state index in [1.807, 2.05) is 23.1 Å². The second-order valence-electron chi connectivity index (χ2n) is 11.8. The Kier molecular flexibility index (Phi) is 8.98. The van der Waals surface area contributed by atoms with Gasteiger partial charge in [0.1, 0.15) is 5.75 Å². The fourth-order valence-electron chi connectivity index (χ4n) is 5.30. The van der Waals surface area contributed by atoms with Crippen molar-refractivity contribution < 1.29 is 23.9 Å². The van der Waals surface area contributed by atoms with Crippen LogP contribution in [0.5, 0.6) is 5.75 Å². The van der Waals surface area contributed by atoms with Gasteiger partial charge in [-0.2, -0.15) is 0 Å². The zero-order valence-corrected chi connectivity index (χ0v) is 23.5. The maximum atomic E-state index is 13.9. The fraction of sp³-hybridized carbons (Fsp3) is 0.690. The average molecular weight is 529 g/mol. The molecule has 0 aromatic heterocycles. The molecule has 0 radical (unpaired) electrons. The molecule has 0 bridgehead atoms. The van der Waals surface area contributed by atoms with E-state index in [9.17, 15) is 14.4 Å². The number of amides is 3. The fourth-order valence-corrected chi connectivity index (χ4v) is 5.30. The van der Waals surface area contributed by atoms with E-state index in [0.717, 1.165) is 24.9 Å². The lowest BCUT2D eigenvalue weighted by molar-refractivity contribution is -0.132. The van der Waals surface area contributed by atoms with Crippen molar-refractivity contribution in [2.45, 2.75) is 83.9 Å². The topological polar surface area (TPSA) is 100 Å². The van der Waals surface area contributed by atoms with Gasteiger partial charge >= 0.3 is 0 Å². The van der Waals surface area contributed by atoms with Gasteiger partial charge in [0.05, 0.1) is 11.6 Å². The van der Waals surface area contributed by atoms with Crippen LogP contribution in [0, 0.1) is 11.8 Å². The summed E-state index contributed by atoms with van der Waals surface area (Å²) < 4.78 is 11.3. The number of anilines is 2. The smallest absolute Gasteiger partial charge is 0.270 e. The van der Waals surface area contributed by atoms with Gasteiger partial charge in [-0.1, -0.05) is 13.8 Å². The van der Waals surface area contributed by atoms with Crippen molar-refractivity contribution in [3.8, 4) is 5.75 Å². The van der Waals surface area contributed by atoms with Crippen LogP contribution in [0.4, 0.5) is 11.4 Å². The molecular formula is C29H44N4O5. The van der Waals surface area contributed by atoms with Crippen molar-refractivity contribution in [1.82, 2.24) is 10.6 Å². The van der Waals surface area contributed by atoms with Gasteiger partial charge in [0.15, 0.2) is 5.60 Å². The monoisotopic (exact) mass is 528 g/mol. The van der Waals surface area contributed by atoms with Gasteiger partial charge in [0, 0.05) is 57.5 Å². The number of nitrogens with one attached hydrogen (secondary N) is 2. The van der Waals surface area contributed by atoms with Gasteiger partial charge in [-0.3, -0.25) is 14.4 Å². The lowest BCUT2D eigenvalue weighted by atomic mass is 9.93. The maximum absolute atomic E-state index is 13.9. The minimum Gasteiger partial charge on any atom is -0.476 e. The Bertz CT molecular complexity index is 1020. The average Bonchev–Trinajstić information content (AvgIpc) is 3.71. The zero-order chi connectivity index (χ0) is 27.4. The third-order valence-electron chi connectivity index (χ3n) is 7.53. The molecule has 2 fully saturated rings. The molecule has 1 saturated heterocycles. The zero-order valence-electron chi connectivity index (χ0n) is 23.5. The molecule has 2 N–H and O–H groups in total. The lowest BCUT2D eigenvalue weighted by Crippen LogP contribution is -2.53. The molecule has 1 aromatic carbocycles. The molecule has 9 heteroatoms. The van der Waals surface area contributed by atoms with Gasteiger partial charge in [-0.15, -0.1) is 0 Å². The van der Waals surface area contributed by atoms with Crippen molar-refractivity contribution in [2.75, 3.05) is 43.2 Å². The Morgan fingerprint density at radius 2 is 2.03 bits per heavy atom. The summed E-state index contributed by atoms with van der Waals surface area (Å²) in [5, 5.41) is 6.48. The van der Waals surface area contributed by atoms with Crippen LogP contribution in [-0.4, -0.2) is 68.8 Å². The van der Waals surface area contributed by atoms with E-state index in [1.54, 1.807) is 25.9 Å². The van der Waals surface area contributed by atoms with Crippen molar-refractivity contribution >= 4 is 29.1 Å². The number of hydrogen-bond acceptors (Lipinski definition) is 6. The summed E-state index contributed by atoms with van der Waals surface area (Å²) in [5.74, 6) is 0.901. The van der Waals surface area contributed by atoms with Crippen molar-refractivity contribution in [3.63, 3.8) is 0 Å². The first-order chi connectivity index (χ1) is 18.1. The van der Waals surface area contributed by atoms with E-state index >= 15 is 0 Å². The lowest BCUT2D eigenvalue weighted by Gasteiger charge is -2.40. The summed E-state index contributed by atoms with van der Waals surface area (Å²) in [5.41, 5.74) is 0.515. The summed E-state index contributed by atoms with van der Waals surface area (Å²) in [6.45, 7) is 10.1. The summed E-state index contributed by atoms with van der Waals surface area (Å²) >= 11 is 0. The number of rotatable bonds is 11. The van der Waals surface area contributed by atoms with Crippen molar-refractivity contribution in [2.24, 2.45) is 11.8 Å². The number of nitrogens with zero attached hydrogens (tertiary/aromatic N) is 2. The molecule has 0 spiro atoms. The summed E-state index contributed by atoms with van der Waals surface area (Å²) in [6.07, 6.45) is 4.59. The van der Waals surface area contributed by atoms with Crippen molar-refractivity contribution in [3.05, 3.63) is 18.2 Å². The van der Waals surface area contributed by atoms with E-state index < -0.39 is 5.60 Å². The van der Waals surface area contributed by atoms with E-state index in [0.29, 0.717) is 62.9 Å². The molecule has 3 aliphatic rings. The predicted molar refractivity (Wildman–Crippen MR) is 147 cm³/mol. The normalized spacial score (nSPS) is 22.6. The first kappa shape index (κ1) is 28.4. The molecule has 2 aliphatic heterocycles. The Morgan fingerprint density at radius 3 is 2.71 bits per heavy atom. The Hall–Kier alpha value is -2.65. The molecule has 1 saturated carbocycles. The molecule has 1 aliphatic carbocycles. The van der Waals surface area contributed by atoms with Gasteiger partial charge in [0.2, 0.25) is 11.8 Å². The highest BCUT2D eigenvalue weighted by Crippen LogP contribution is 2.42. The standard InChI is InChI=1S/C29H44N4O5/c1-19(2)7-12-26(34)31-21-15-20(17-30-18-21)27(35)33(22-8-9-22)23-10-11-25-24(16-23)32(13-6-14-37-5)28(36)29(3,4)38-25/h10-11,16,19-22,30H,6-9,12-15,17-18H2,1-5H3,(H,31,34)/t20-,21?/m1/s1. The molecule has 38 heavy (non-hydrogen) atoms. The first-order valence-electron chi connectivity index (χ1n) is 14.1. The van der Waals surface area contributed by atoms with E-state index in [4.69, 9.17) is 9.47 Å². The Balaban J connectivity index is 1.52. The second kappa shape index (κ2) is 12.0. The minimum absolute atomic E-state index is 0.0495. The number of methoxy groups -OCH3 is 1. The molecule has 1 unspecified atom stereocenters. The SMILES string of the molecule is COCCCN1C(=O)C(C)(C)Oc2ccc(N(C(=O)[C@H]3CNCC(NC(=O)CCC(C)C)C3)C3CC3)cc21. The summed E-state index contributed by atoms with van der Waals surface area (Å²) in [7, 11) is 1.65. The van der Waals surface area contributed by atoms with Crippen LogP contribution >= 0.6 is 0 Å². The molecule has 9 nitrogen and oxygen atoms in total. The highest BCUT2D eigenvalue weighted by Gasteiger charge is 2.43. The third-order valence-corrected chi connectivity index (χ3v) is 7.53. The predicted octanol–water partition coefficient (Wildman–Crippen LogP) is 3.25. The highest BCUT2D eigenvalue weighted by molar-refractivity contribution is 6.04. The van der Waals surface area contributed by atoms with E-state index in [1.165, 1.54) is 0 Å². The number of piperidine rings is 1. The van der Waals surface area contributed by atoms with Crippen LogP contribution in [0.3, 0.4) is 0 Å². The highest BCUT2D eigenvalue weighted by atomic mass is 16.5. The summed E-state index contributed by atoms with van der Waals surface area (Å²) in [6, 6.07) is 5.82. The second-order valence-corrected chi connectivity index (χ2v) is 11.8. The van der Waals surface area contributed by atoms with Gasteiger partial charge in [0.25, 0.3) is 5.91 Å². The molecule has 1 aromatic rings. The molecular weight excluding hydrogens is 484 g/mol. The van der Waals surface area contributed by atoms with Gasteiger partial charge < -0.3 is 29.9 Å². The largest absolute Gasteiger partial charge is 0.476 e. The van der Waals surface area contributed by atoms with Crippen LogP contribution in [0.25, 0.3) is 0 Å². The maximum Gasteiger partial charge on any atom is 0.270 e. The molecule has 4 rings (SSSR count). The number of hydrogen-bond donors (Lipinski definition) is 2. The first-order valence-corrected chi connectivity index (χ1v) is 14.1.